The summed E-state index contributed by atoms with van der Waals surface area (Å²) >= 11 is 1.30. The molecule has 2 aromatic rings. The topological polar surface area (TPSA) is 88.9 Å². The van der Waals surface area contributed by atoms with E-state index in [4.69, 9.17) is 0 Å². The van der Waals surface area contributed by atoms with E-state index in [1.807, 2.05) is 41.8 Å². The molecule has 1 aromatic carbocycles. The zero-order valence-electron chi connectivity index (χ0n) is 15.6. The number of nitrogens with zero attached hydrogens (tertiary/aromatic N) is 3. The Hall–Kier alpha value is -2.35. The number of amides is 3. The Bertz CT molecular complexity index is 787. The summed E-state index contributed by atoms with van der Waals surface area (Å²) in [6.07, 6.45) is 4.21. The van der Waals surface area contributed by atoms with Gasteiger partial charge in [-0.2, -0.15) is 0 Å². The van der Waals surface area contributed by atoms with Crippen molar-refractivity contribution in [1.29, 1.82) is 0 Å². The Kier molecular flexibility index (Phi) is 6.49. The van der Waals surface area contributed by atoms with Crippen LogP contribution >= 0.6 is 11.8 Å². The lowest BCUT2D eigenvalue weighted by atomic mass is 10.2. The van der Waals surface area contributed by atoms with Crippen LogP contribution in [0.15, 0.2) is 35.5 Å². The Morgan fingerprint density at radius 1 is 1.22 bits per heavy atom. The van der Waals surface area contributed by atoms with Crippen LogP contribution < -0.4 is 10.6 Å². The maximum atomic E-state index is 12.4. The summed E-state index contributed by atoms with van der Waals surface area (Å²) in [6, 6.07) is 9.79. The van der Waals surface area contributed by atoms with E-state index in [0.717, 1.165) is 37.1 Å². The molecule has 0 bridgehead atoms. The van der Waals surface area contributed by atoms with Crippen molar-refractivity contribution in [3.05, 3.63) is 41.7 Å². The number of aromatic nitrogens is 3. The van der Waals surface area contributed by atoms with Crippen LogP contribution in [-0.2, 0) is 11.3 Å². The van der Waals surface area contributed by atoms with Crippen molar-refractivity contribution in [1.82, 2.24) is 25.4 Å². The normalized spacial score (nSPS) is 15.5. The second kappa shape index (κ2) is 9.03. The van der Waals surface area contributed by atoms with Gasteiger partial charge < -0.3 is 9.88 Å². The number of thioether (sulfide) groups is 1. The highest BCUT2D eigenvalue weighted by molar-refractivity contribution is 8.00. The van der Waals surface area contributed by atoms with Crippen molar-refractivity contribution in [2.45, 2.75) is 62.5 Å². The van der Waals surface area contributed by atoms with Gasteiger partial charge in [0.2, 0.25) is 5.91 Å². The molecule has 0 radical (unpaired) electrons. The van der Waals surface area contributed by atoms with Crippen LogP contribution in [0.1, 0.15) is 44.0 Å². The molecule has 1 fully saturated rings. The largest absolute Gasteiger partial charge is 0.335 e. The molecule has 3 rings (SSSR count). The fourth-order valence-corrected chi connectivity index (χ4v) is 4.01. The van der Waals surface area contributed by atoms with Gasteiger partial charge in [-0.25, -0.2) is 4.79 Å². The predicted molar refractivity (Wildman–Crippen MR) is 105 cm³/mol. The zero-order chi connectivity index (χ0) is 19.2. The van der Waals surface area contributed by atoms with Gasteiger partial charge in [-0.15, -0.1) is 10.2 Å². The van der Waals surface area contributed by atoms with Gasteiger partial charge in [0.1, 0.15) is 5.82 Å². The van der Waals surface area contributed by atoms with Crippen molar-refractivity contribution >= 4 is 23.7 Å². The number of imide groups is 1. The van der Waals surface area contributed by atoms with Gasteiger partial charge in [0.15, 0.2) is 5.16 Å². The van der Waals surface area contributed by atoms with Gasteiger partial charge in [0.05, 0.1) is 11.8 Å². The molecule has 144 valence electrons. The Morgan fingerprint density at radius 3 is 2.63 bits per heavy atom. The third-order valence-corrected chi connectivity index (χ3v) is 5.74. The summed E-state index contributed by atoms with van der Waals surface area (Å²) in [5, 5.41) is 13.8. The Labute approximate surface area is 163 Å². The molecule has 1 saturated carbocycles. The van der Waals surface area contributed by atoms with Crippen molar-refractivity contribution in [2.24, 2.45) is 0 Å². The first-order chi connectivity index (χ1) is 13.0. The van der Waals surface area contributed by atoms with Crippen LogP contribution in [0.5, 0.6) is 0 Å². The number of hydrogen-bond donors (Lipinski definition) is 2. The minimum absolute atomic E-state index is 0.178. The highest BCUT2D eigenvalue weighted by atomic mass is 32.2. The number of benzene rings is 1. The average Bonchev–Trinajstić information content (AvgIpc) is 3.27. The third kappa shape index (κ3) is 5.32. The summed E-state index contributed by atoms with van der Waals surface area (Å²) in [6.45, 7) is 4.29. The molecule has 0 unspecified atom stereocenters. The number of aryl methyl sites for hydroxylation is 1. The summed E-state index contributed by atoms with van der Waals surface area (Å²) in [7, 11) is 0. The number of urea groups is 1. The molecule has 1 aliphatic rings. The minimum atomic E-state index is -0.461. The standard InChI is InChI=1S/C19H25N5O2S/c1-13(17(25)21-18(26)20-16-10-6-7-11-16)27-19-23-22-14(2)24(19)12-15-8-4-3-5-9-15/h3-5,8-9,13,16H,6-7,10-12H2,1-2H3,(H2,20,21,25,26)/t13-/m1/s1. The van der Waals surface area contributed by atoms with Crippen molar-refractivity contribution < 1.29 is 9.59 Å². The summed E-state index contributed by atoms with van der Waals surface area (Å²) < 4.78 is 1.97. The van der Waals surface area contributed by atoms with Gasteiger partial charge in [0.25, 0.3) is 0 Å². The van der Waals surface area contributed by atoms with Gasteiger partial charge in [-0.3, -0.25) is 10.1 Å². The molecule has 0 saturated heterocycles. The lowest BCUT2D eigenvalue weighted by Crippen LogP contribution is -2.45. The average molecular weight is 388 g/mol. The molecule has 1 atom stereocenters. The van der Waals surface area contributed by atoms with Gasteiger partial charge in [-0.05, 0) is 32.3 Å². The predicted octanol–water partition coefficient (Wildman–Crippen LogP) is 2.88. The highest BCUT2D eigenvalue weighted by Gasteiger charge is 2.23. The highest BCUT2D eigenvalue weighted by Crippen LogP contribution is 2.23. The molecule has 1 heterocycles. The molecule has 0 aliphatic heterocycles. The van der Waals surface area contributed by atoms with E-state index in [0.29, 0.717) is 11.7 Å². The molecule has 1 aromatic heterocycles. The monoisotopic (exact) mass is 387 g/mol. The van der Waals surface area contributed by atoms with Crippen LogP contribution in [0.4, 0.5) is 4.79 Å². The van der Waals surface area contributed by atoms with Crippen LogP contribution in [0, 0.1) is 6.92 Å². The lowest BCUT2D eigenvalue weighted by molar-refractivity contribution is -0.119. The molecular formula is C19H25N5O2S. The number of nitrogens with one attached hydrogen (secondary N) is 2. The van der Waals surface area contributed by atoms with E-state index >= 15 is 0 Å². The van der Waals surface area contributed by atoms with E-state index in [2.05, 4.69) is 20.8 Å². The first-order valence-electron chi connectivity index (χ1n) is 9.24. The van der Waals surface area contributed by atoms with Crippen LogP contribution in [0.3, 0.4) is 0 Å². The minimum Gasteiger partial charge on any atom is -0.335 e. The van der Waals surface area contributed by atoms with Gasteiger partial charge in [-0.1, -0.05) is 54.9 Å². The Balaban J connectivity index is 1.57. The number of rotatable bonds is 6. The van der Waals surface area contributed by atoms with Gasteiger partial charge >= 0.3 is 6.03 Å². The second-order valence-electron chi connectivity index (χ2n) is 6.81. The molecule has 27 heavy (non-hydrogen) atoms. The maximum Gasteiger partial charge on any atom is 0.321 e. The first-order valence-corrected chi connectivity index (χ1v) is 10.1. The SMILES string of the molecule is Cc1nnc(S[C@H](C)C(=O)NC(=O)NC2CCCC2)n1Cc1ccccc1. The molecule has 0 spiro atoms. The fraction of sp³-hybridized carbons (Fsp3) is 0.474. The van der Waals surface area contributed by atoms with Crippen LogP contribution in [-0.4, -0.2) is 38.0 Å². The zero-order valence-corrected chi connectivity index (χ0v) is 16.5. The molecule has 8 heteroatoms. The Morgan fingerprint density at radius 2 is 1.93 bits per heavy atom. The number of carbonyl (C=O) groups excluding carboxylic acids is 2. The summed E-state index contributed by atoms with van der Waals surface area (Å²) in [5.74, 6) is 0.454. The second-order valence-corrected chi connectivity index (χ2v) is 8.11. The number of hydrogen-bond acceptors (Lipinski definition) is 5. The molecule has 1 aliphatic carbocycles. The van der Waals surface area contributed by atoms with E-state index in [1.165, 1.54) is 11.8 Å². The maximum absolute atomic E-state index is 12.4. The van der Waals surface area contributed by atoms with Crippen LogP contribution in [0.25, 0.3) is 0 Å². The van der Waals surface area contributed by atoms with E-state index in [9.17, 15) is 9.59 Å². The first kappa shape index (κ1) is 19.4. The van der Waals surface area contributed by atoms with Crippen molar-refractivity contribution in [3.63, 3.8) is 0 Å². The van der Waals surface area contributed by atoms with Crippen molar-refractivity contribution in [2.75, 3.05) is 0 Å². The smallest absolute Gasteiger partial charge is 0.321 e. The summed E-state index contributed by atoms with van der Waals surface area (Å²) in [5.41, 5.74) is 1.13. The molecule has 2 N–H and O–H groups in total. The molecule has 7 nitrogen and oxygen atoms in total. The quantitative estimate of drug-likeness (QED) is 0.744. The van der Waals surface area contributed by atoms with E-state index in [1.54, 1.807) is 6.92 Å². The number of carbonyl (C=O) groups is 2. The lowest BCUT2D eigenvalue weighted by Gasteiger charge is -2.15. The fourth-order valence-electron chi connectivity index (χ4n) is 3.11. The van der Waals surface area contributed by atoms with E-state index < -0.39 is 11.3 Å². The van der Waals surface area contributed by atoms with Crippen molar-refractivity contribution in [3.8, 4) is 0 Å². The van der Waals surface area contributed by atoms with Gasteiger partial charge in [0, 0.05) is 6.04 Å². The summed E-state index contributed by atoms with van der Waals surface area (Å²) in [4.78, 5) is 24.4. The molecule has 3 amide bonds. The molecular weight excluding hydrogens is 362 g/mol. The van der Waals surface area contributed by atoms with E-state index in [-0.39, 0.29) is 11.9 Å². The third-order valence-electron chi connectivity index (χ3n) is 4.66. The van der Waals surface area contributed by atoms with Crippen LogP contribution in [0.2, 0.25) is 0 Å².